The molecule has 1 heterocycles. The molecule has 0 bridgehead atoms. The van der Waals surface area contributed by atoms with Crippen LogP contribution in [0.15, 0.2) is 53.5 Å². The summed E-state index contributed by atoms with van der Waals surface area (Å²) in [6.45, 7) is 5.81. The molecule has 2 aromatic carbocycles. The topological polar surface area (TPSA) is 61.4 Å². The normalized spacial score (nSPS) is 15.6. The molecule has 33 heavy (non-hydrogen) atoms. The number of guanidine groups is 1. The van der Waals surface area contributed by atoms with Crippen LogP contribution in [0.3, 0.4) is 0 Å². The number of nitrogens with zero attached hydrogens (tertiary/aromatic N) is 3. The largest absolute Gasteiger partial charge is 0.497 e. The summed E-state index contributed by atoms with van der Waals surface area (Å²) >= 11 is 0. The van der Waals surface area contributed by atoms with Crippen LogP contribution in [0, 0.1) is 0 Å². The number of rotatable bonds is 9. The van der Waals surface area contributed by atoms with E-state index in [9.17, 15) is 0 Å². The molecule has 3 rings (SSSR count). The van der Waals surface area contributed by atoms with E-state index in [-0.39, 0.29) is 30.0 Å². The van der Waals surface area contributed by atoms with Gasteiger partial charge in [0.05, 0.1) is 26.4 Å². The molecule has 1 aliphatic heterocycles. The highest BCUT2D eigenvalue weighted by Gasteiger charge is 2.23. The summed E-state index contributed by atoms with van der Waals surface area (Å²) in [6.07, 6.45) is 0. The summed E-state index contributed by atoms with van der Waals surface area (Å²) in [4.78, 5) is 9.06. The SMILES string of the molecule is CN=C(NCc1ccc(CN(C)C)cc1)NCC(c1ccc(OC)cc1)N1CCOCC1.I. The first-order chi connectivity index (χ1) is 15.6. The molecule has 0 spiro atoms. The van der Waals surface area contributed by atoms with Gasteiger partial charge in [0.15, 0.2) is 5.96 Å². The summed E-state index contributed by atoms with van der Waals surface area (Å²) in [7, 11) is 7.68. The Balaban J connectivity index is 0.00000385. The first kappa shape index (κ1) is 27.4. The summed E-state index contributed by atoms with van der Waals surface area (Å²) in [5, 5.41) is 6.96. The zero-order valence-corrected chi connectivity index (χ0v) is 22.5. The van der Waals surface area contributed by atoms with Gasteiger partial charge < -0.3 is 25.0 Å². The lowest BCUT2D eigenvalue weighted by molar-refractivity contribution is 0.0170. The molecule has 8 heteroatoms. The molecular weight excluding hydrogens is 529 g/mol. The molecule has 0 aliphatic carbocycles. The van der Waals surface area contributed by atoms with Gasteiger partial charge in [0.1, 0.15) is 5.75 Å². The van der Waals surface area contributed by atoms with Crippen molar-refractivity contribution in [2.45, 2.75) is 19.1 Å². The molecule has 1 atom stereocenters. The number of hydrogen-bond donors (Lipinski definition) is 2. The third kappa shape index (κ3) is 8.77. The van der Waals surface area contributed by atoms with E-state index < -0.39 is 0 Å². The number of halogens is 1. The van der Waals surface area contributed by atoms with Gasteiger partial charge in [-0.05, 0) is 42.9 Å². The van der Waals surface area contributed by atoms with Gasteiger partial charge in [0, 0.05) is 39.8 Å². The van der Waals surface area contributed by atoms with Crippen LogP contribution in [-0.2, 0) is 17.8 Å². The Morgan fingerprint density at radius 1 is 1.03 bits per heavy atom. The third-order valence-corrected chi connectivity index (χ3v) is 5.66. The molecule has 0 saturated carbocycles. The quantitative estimate of drug-likeness (QED) is 0.276. The van der Waals surface area contributed by atoms with Crippen molar-refractivity contribution in [1.82, 2.24) is 20.4 Å². The Labute approximate surface area is 215 Å². The van der Waals surface area contributed by atoms with E-state index in [2.05, 4.69) is 75.9 Å². The van der Waals surface area contributed by atoms with E-state index in [0.29, 0.717) is 0 Å². The predicted molar refractivity (Wildman–Crippen MR) is 146 cm³/mol. The van der Waals surface area contributed by atoms with Crippen LogP contribution in [-0.4, -0.2) is 76.9 Å². The molecule has 0 amide bonds. The van der Waals surface area contributed by atoms with Crippen molar-refractivity contribution in [1.29, 1.82) is 0 Å². The van der Waals surface area contributed by atoms with Crippen LogP contribution in [0.4, 0.5) is 0 Å². The zero-order valence-electron chi connectivity index (χ0n) is 20.2. The summed E-state index contributed by atoms with van der Waals surface area (Å²) in [6, 6.07) is 17.3. The van der Waals surface area contributed by atoms with Gasteiger partial charge in [0.2, 0.25) is 0 Å². The second kappa shape index (κ2) is 14.4. The molecule has 0 aromatic heterocycles. The molecule has 182 valence electrons. The van der Waals surface area contributed by atoms with Crippen LogP contribution in [0.2, 0.25) is 0 Å². The van der Waals surface area contributed by atoms with E-state index in [1.807, 2.05) is 19.2 Å². The monoisotopic (exact) mass is 567 g/mol. The Bertz CT molecular complexity index is 837. The van der Waals surface area contributed by atoms with Crippen molar-refractivity contribution in [2.24, 2.45) is 4.99 Å². The van der Waals surface area contributed by atoms with Crippen LogP contribution in [0.25, 0.3) is 0 Å². The van der Waals surface area contributed by atoms with Gasteiger partial charge in [-0.2, -0.15) is 0 Å². The predicted octanol–water partition coefficient (Wildman–Crippen LogP) is 3.11. The minimum absolute atomic E-state index is 0. The fourth-order valence-electron chi connectivity index (χ4n) is 3.90. The number of aliphatic imine (C=N–C) groups is 1. The molecule has 0 radical (unpaired) electrons. The third-order valence-electron chi connectivity index (χ3n) is 5.66. The minimum atomic E-state index is 0. The van der Waals surface area contributed by atoms with E-state index in [0.717, 1.165) is 57.6 Å². The Morgan fingerprint density at radius 2 is 1.67 bits per heavy atom. The molecular formula is C25H38IN5O2. The van der Waals surface area contributed by atoms with E-state index in [1.165, 1.54) is 16.7 Å². The van der Waals surface area contributed by atoms with Gasteiger partial charge in [-0.15, -0.1) is 24.0 Å². The first-order valence-electron chi connectivity index (χ1n) is 11.2. The van der Waals surface area contributed by atoms with Gasteiger partial charge in [-0.1, -0.05) is 36.4 Å². The number of ether oxygens (including phenoxy) is 2. The standard InChI is InChI=1S/C25H37N5O2.HI/c1-26-25(27-17-20-5-7-21(8-6-20)19-29(2)3)28-18-24(30-13-15-32-16-14-30)22-9-11-23(31-4)12-10-22;/h5-12,24H,13-19H2,1-4H3,(H2,26,27,28);1H. The van der Waals surface area contributed by atoms with Crippen molar-refractivity contribution in [2.75, 3.05) is 61.1 Å². The second-order valence-corrected chi connectivity index (χ2v) is 8.30. The number of nitrogens with one attached hydrogen (secondary N) is 2. The molecule has 2 N–H and O–H groups in total. The lowest BCUT2D eigenvalue weighted by Crippen LogP contribution is -2.46. The maximum atomic E-state index is 5.57. The summed E-state index contributed by atoms with van der Waals surface area (Å²) < 4.78 is 10.9. The van der Waals surface area contributed by atoms with Crippen molar-refractivity contribution in [3.05, 3.63) is 65.2 Å². The van der Waals surface area contributed by atoms with Gasteiger partial charge in [-0.25, -0.2) is 0 Å². The lowest BCUT2D eigenvalue weighted by Gasteiger charge is -2.35. The second-order valence-electron chi connectivity index (χ2n) is 8.30. The maximum absolute atomic E-state index is 5.57. The van der Waals surface area contributed by atoms with Crippen molar-refractivity contribution < 1.29 is 9.47 Å². The van der Waals surface area contributed by atoms with Crippen molar-refractivity contribution in [3.8, 4) is 5.75 Å². The fraction of sp³-hybridized carbons (Fsp3) is 0.480. The molecule has 1 unspecified atom stereocenters. The van der Waals surface area contributed by atoms with Gasteiger partial charge in [0.25, 0.3) is 0 Å². The Kier molecular flexibility index (Phi) is 11.9. The number of benzene rings is 2. The minimum Gasteiger partial charge on any atom is -0.497 e. The zero-order chi connectivity index (χ0) is 22.8. The van der Waals surface area contributed by atoms with Crippen molar-refractivity contribution in [3.63, 3.8) is 0 Å². The van der Waals surface area contributed by atoms with E-state index >= 15 is 0 Å². The smallest absolute Gasteiger partial charge is 0.191 e. The Hall–Kier alpha value is -1.88. The van der Waals surface area contributed by atoms with Crippen LogP contribution in [0.5, 0.6) is 5.75 Å². The van der Waals surface area contributed by atoms with Crippen LogP contribution >= 0.6 is 24.0 Å². The highest BCUT2D eigenvalue weighted by Crippen LogP contribution is 2.23. The molecule has 7 nitrogen and oxygen atoms in total. The summed E-state index contributed by atoms with van der Waals surface area (Å²) in [5.41, 5.74) is 3.80. The molecule has 1 aliphatic rings. The first-order valence-corrected chi connectivity index (χ1v) is 11.2. The van der Waals surface area contributed by atoms with Gasteiger partial charge >= 0.3 is 0 Å². The highest BCUT2D eigenvalue weighted by molar-refractivity contribution is 14.0. The fourth-order valence-corrected chi connectivity index (χ4v) is 3.90. The maximum Gasteiger partial charge on any atom is 0.191 e. The average molecular weight is 568 g/mol. The average Bonchev–Trinajstić information content (AvgIpc) is 2.83. The van der Waals surface area contributed by atoms with Crippen LogP contribution in [0.1, 0.15) is 22.7 Å². The number of hydrogen-bond acceptors (Lipinski definition) is 5. The molecule has 1 saturated heterocycles. The van der Waals surface area contributed by atoms with E-state index in [4.69, 9.17) is 9.47 Å². The molecule has 2 aromatic rings. The Morgan fingerprint density at radius 3 is 2.24 bits per heavy atom. The van der Waals surface area contributed by atoms with Gasteiger partial charge in [-0.3, -0.25) is 9.89 Å². The number of methoxy groups -OCH3 is 1. The van der Waals surface area contributed by atoms with Crippen LogP contribution < -0.4 is 15.4 Å². The van der Waals surface area contributed by atoms with E-state index in [1.54, 1.807) is 7.11 Å². The summed E-state index contributed by atoms with van der Waals surface area (Å²) in [5.74, 6) is 1.67. The van der Waals surface area contributed by atoms with Crippen molar-refractivity contribution >= 4 is 29.9 Å². The highest BCUT2D eigenvalue weighted by atomic mass is 127. The lowest BCUT2D eigenvalue weighted by atomic mass is 10.0. The number of morpholine rings is 1. The molecule has 1 fully saturated rings.